The number of thiophene rings is 1. The van der Waals surface area contributed by atoms with Gasteiger partial charge in [-0.1, -0.05) is 36.4 Å². The number of carbonyl (C=O) groups excluding carboxylic acids is 3. The molecular formula is C24H21NO5S. The van der Waals surface area contributed by atoms with Crippen molar-refractivity contribution in [2.45, 2.75) is 25.5 Å². The minimum Gasteiger partial charge on any atom is -0.454 e. The van der Waals surface area contributed by atoms with Gasteiger partial charge < -0.3 is 14.8 Å². The highest BCUT2D eigenvalue weighted by molar-refractivity contribution is 7.10. The number of cyclic esters (lactones) is 1. The van der Waals surface area contributed by atoms with Crippen molar-refractivity contribution in [3.05, 3.63) is 93.2 Å². The first-order chi connectivity index (χ1) is 15.0. The van der Waals surface area contributed by atoms with E-state index in [4.69, 9.17) is 9.47 Å². The zero-order chi connectivity index (χ0) is 21.8. The smallest absolute Gasteiger partial charge is 0.339 e. The van der Waals surface area contributed by atoms with E-state index in [1.165, 1.54) is 6.07 Å². The first-order valence-electron chi connectivity index (χ1n) is 9.90. The van der Waals surface area contributed by atoms with Crippen LogP contribution in [0.4, 0.5) is 0 Å². The summed E-state index contributed by atoms with van der Waals surface area (Å²) >= 11 is 1.55. The van der Waals surface area contributed by atoms with Gasteiger partial charge in [0.05, 0.1) is 17.2 Å². The van der Waals surface area contributed by atoms with Crippen molar-refractivity contribution in [2.75, 3.05) is 6.61 Å². The molecule has 0 saturated heterocycles. The molecule has 1 aliphatic rings. The highest BCUT2D eigenvalue weighted by atomic mass is 32.1. The molecule has 1 aromatic heterocycles. The second-order valence-electron chi connectivity index (χ2n) is 7.26. The van der Waals surface area contributed by atoms with Crippen LogP contribution in [0.5, 0.6) is 0 Å². The average Bonchev–Trinajstić information content (AvgIpc) is 3.33. The number of amides is 1. The van der Waals surface area contributed by atoms with Gasteiger partial charge in [0.2, 0.25) is 0 Å². The van der Waals surface area contributed by atoms with Crippen LogP contribution in [0, 0.1) is 0 Å². The summed E-state index contributed by atoms with van der Waals surface area (Å²) in [6.45, 7) is 1.50. The van der Waals surface area contributed by atoms with E-state index < -0.39 is 18.0 Å². The van der Waals surface area contributed by atoms with Gasteiger partial charge in [-0.05, 0) is 47.7 Å². The lowest BCUT2D eigenvalue weighted by molar-refractivity contribution is -0.124. The SMILES string of the molecule is CC(NC(=O)COC(=O)c1ccc2c(c1)CC(c1ccccc1)OC2=O)c1cccs1. The number of carbonyl (C=O) groups is 3. The Bertz CT molecular complexity index is 1090. The molecule has 2 atom stereocenters. The molecule has 2 aromatic carbocycles. The standard InChI is InChI=1S/C24H21NO5S/c1-15(21-8-5-11-31-21)25-22(26)14-29-23(27)17-9-10-19-18(12-17)13-20(30-24(19)28)16-6-3-2-4-7-16/h2-12,15,20H,13-14H2,1H3,(H,25,26). The van der Waals surface area contributed by atoms with Crippen molar-refractivity contribution in [3.63, 3.8) is 0 Å². The van der Waals surface area contributed by atoms with E-state index in [1.54, 1.807) is 23.5 Å². The van der Waals surface area contributed by atoms with Crippen LogP contribution in [0.15, 0.2) is 66.0 Å². The second kappa shape index (κ2) is 9.14. The summed E-state index contributed by atoms with van der Waals surface area (Å²) in [7, 11) is 0. The van der Waals surface area contributed by atoms with Crippen LogP contribution in [0.2, 0.25) is 0 Å². The molecule has 3 aromatic rings. The van der Waals surface area contributed by atoms with Gasteiger partial charge in [-0.3, -0.25) is 4.79 Å². The Morgan fingerprint density at radius 2 is 1.97 bits per heavy atom. The summed E-state index contributed by atoms with van der Waals surface area (Å²) in [5, 5.41) is 4.74. The van der Waals surface area contributed by atoms with Gasteiger partial charge in [0.15, 0.2) is 6.61 Å². The van der Waals surface area contributed by atoms with Crippen molar-refractivity contribution in [3.8, 4) is 0 Å². The zero-order valence-electron chi connectivity index (χ0n) is 16.9. The van der Waals surface area contributed by atoms with Crippen LogP contribution in [-0.4, -0.2) is 24.5 Å². The first-order valence-corrected chi connectivity index (χ1v) is 10.8. The number of benzene rings is 2. The molecule has 0 bridgehead atoms. The van der Waals surface area contributed by atoms with Gasteiger partial charge in [-0.2, -0.15) is 0 Å². The summed E-state index contributed by atoms with van der Waals surface area (Å²) in [6.07, 6.45) is 0.0577. The average molecular weight is 436 g/mol. The zero-order valence-corrected chi connectivity index (χ0v) is 17.7. The molecule has 0 saturated carbocycles. The minimum absolute atomic E-state index is 0.157. The summed E-state index contributed by atoms with van der Waals surface area (Å²) in [5.74, 6) is -1.41. The highest BCUT2D eigenvalue weighted by Crippen LogP contribution is 2.31. The number of fused-ring (bicyclic) bond motifs is 1. The van der Waals surface area contributed by atoms with Gasteiger partial charge in [0.25, 0.3) is 5.91 Å². The van der Waals surface area contributed by atoms with Crippen molar-refractivity contribution >= 4 is 29.2 Å². The third-order valence-electron chi connectivity index (χ3n) is 5.07. The lowest BCUT2D eigenvalue weighted by Crippen LogP contribution is -2.30. The van der Waals surface area contributed by atoms with E-state index >= 15 is 0 Å². The van der Waals surface area contributed by atoms with E-state index in [1.807, 2.05) is 54.8 Å². The molecule has 2 unspecified atom stereocenters. The van der Waals surface area contributed by atoms with Crippen LogP contribution in [-0.2, 0) is 20.7 Å². The van der Waals surface area contributed by atoms with Gasteiger partial charge in [-0.25, -0.2) is 9.59 Å². The fraction of sp³-hybridized carbons (Fsp3) is 0.208. The monoisotopic (exact) mass is 435 g/mol. The summed E-state index contributed by atoms with van der Waals surface area (Å²) in [6, 6.07) is 17.9. The number of esters is 2. The van der Waals surface area contributed by atoms with E-state index in [9.17, 15) is 14.4 Å². The Kier molecular flexibility index (Phi) is 6.13. The predicted molar refractivity (Wildman–Crippen MR) is 116 cm³/mol. The van der Waals surface area contributed by atoms with Crippen molar-refractivity contribution in [1.82, 2.24) is 5.32 Å². The molecule has 0 radical (unpaired) electrons. The van der Waals surface area contributed by atoms with Crippen molar-refractivity contribution < 1.29 is 23.9 Å². The molecule has 4 rings (SSSR count). The fourth-order valence-corrected chi connectivity index (χ4v) is 4.22. The summed E-state index contributed by atoms with van der Waals surface area (Å²) in [5.41, 5.74) is 2.34. The molecule has 6 nitrogen and oxygen atoms in total. The Hall–Kier alpha value is -3.45. The molecule has 0 spiro atoms. The number of hydrogen-bond donors (Lipinski definition) is 1. The van der Waals surface area contributed by atoms with Crippen LogP contribution in [0.3, 0.4) is 0 Å². The molecule has 1 amide bonds. The third kappa shape index (κ3) is 4.83. The number of nitrogens with one attached hydrogen (secondary N) is 1. The first kappa shape index (κ1) is 20.8. The molecule has 0 aliphatic carbocycles. The third-order valence-corrected chi connectivity index (χ3v) is 6.12. The maximum absolute atomic E-state index is 12.5. The second-order valence-corrected chi connectivity index (χ2v) is 8.24. The quantitative estimate of drug-likeness (QED) is 0.586. The number of ether oxygens (including phenoxy) is 2. The molecule has 31 heavy (non-hydrogen) atoms. The lowest BCUT2D eigenvalue weighted by atomic mass is 9.93. The molecular weight excluding hydrogens is 414 g/mol. The van der Waals surface area contributed by atoms with Crippen LogP contribution in [0.25, 0.3) is 0 Å². The van der Waals surface area contributed by atoms with E-state index in [-0.39, 0.29) is 18.6 Å². The maximum atomic E-state index is 12.5. The normalized spacial score (nSPS) is 16.0. The predicted octanol–water partition coefficient (Wildman–Crippen LogP) is 4.24. The van der Waals surface area contributed by atoms with Gasteiger partial charge in [-0.15, -0.1) is 11.3 Å². The summed E-state index contributed by atoms with van der Waals surface area (Å²) < 4.78 is 10.7. The molecule has 1 N–H and O–H groups in total. The molecule has 7 heteroatoms. The largest absolute Gasteiger partial charge is 0.454 e. The van der Waals surface area contributed by atoms with Crippen LogP contribution >= 0.6 is 11.3 Å². The topological polar surface area (TPSA) is 81.7 Å². The number of rotatable bonds is 6. The maximum Gasteiger partial charge on any atom is 0.339 e. The minimum atomic E-state index is -0.614. The molecule has 158 valence electrons. The Morgan fingerprint density at radius 3 is 2.71 bits per heavy atom. The Labute approximate surface area is 183 Å². The fourth-order valence-electron chi connectivity index (χ4n) is 3.48. The molecule has 1 aliphatic heterocycles. The Morgan fingerprint density at radius 1 is 1.16 bits per heavy atom. The van der Waals surface area contributed by atoms with Gasteiger partial charge in [0, 0.05) is 11.3 Å². The van der Waals surface area contributed by atoms with Crippen molar-refractivity contribution in [1.29, 1.82) is 0 Å². The summed E-state index contributed by atoms with van der Waals surface area (Å²) in [4.78, 5) is 38.0. The number of hydrogen-bond acceptors (Lipinski definition) is 6. The van der Waals surface area contributed by atoms with Crippen LogP contribution in [0.1, 0.15) is 55.8 Å². The molecule has 0 fully saturated rings. The van der Waals surface area contributed by atoms with E-state index in [0.717, 1.165) is 16.0 Å². The van der Waals surface area contributed by atoms with Gasteiger partial charge >= 0.3 is 11.9 Å². The van der Waals surface area contributed by atoms with E-state index in [0.29, 0.717) is 17.5 Å². The lowest BCUT2D eigenvalue weighted by Gasteiger charge is -2.25. The van der Waals surface area contributed by atoms with Crippen LogP contribution < -0.4 is 5.32 Å². The van der Waals surface area contributed by atoms with Gasteiger partial charge in [0.1, 0.15) is 6.10 Å². The Balaban J connectivity index is 1.39. The highest BCUT2D eigenvalue weighted by Gasteiger charge is 2.28. The van der Waals surface area contributed by atoms with Crippen molar-refractivity contribution in [2.24, 2.45) is 0 Å². The molecule has 2 heterocycles. The van der Waals surface area contributed by atoms with E-state index in [2.05, 4.69) is 5.32 Å².